The molecule has 10 nitrogen and oxygen atoms in total. The first-order valence-electron chi connectivity index (χ1n) is 13.5. The Morgan fingerprint density at radius 1 is 1.05 bits per heavy atom. The number of hydrogen-bond acceptors (Lipinski definition) is 6. The SMILES string of the molecule is C[C@@H]1NC(=O)C[C@@H](C(=O)NCC2(c3cccc(F)c3)CCOCC2)NC(=O)c2ccccc2OCCCNC1=O. The lowest BCUT2D eigenvalue weighted by atomic mass is 9.74. The Labute approximate surface area is 232 Å². The molecule has 2 aromatic carbocycles. The van der Waals surface area contributed by atoms with Crippen LogP contribution >= 0.6 is 0 Å². The monoisotopic (exact) mass is 554 g/mol. The third-order valence-electron chi connectivity index (χ3n) is 7.28. The Kier molecular flexibility index (Phi) is 9.70. The smallest absolute Gasteiger partial charge is 0.255 e. The standard InChI is InChI=1S/C29H35FN4O6/c1-19-26(36)31-12-5-13-40-24-9-3-2-8-22(24)27(37)34-23(17-25(35)33-19)28(38)32-18-29(10-14-39-15-11-29)20-6-4-7-21(30)16-20/h2-4,6-9,16,19,23H,5,10-15,17-18H2,1H3,(H,31,36)(H,32,38)(H,33,35)(H,34,37)/t19-,23-/m0/s1. The first-order valence-corrected chi connectivity index (χ1v) is 13.5. The van der Waals surface area contributed by atoms with Gasteiger partial charge >= 0.3 is 0 Å². The van der Waals surface area contributed by atoms with Gasteiger partial charge in [-0.25, -0.2) is 4.39 Å². The van der Waals surface area contributed by atoms with Crippen LogP contribution in [0.2, 0.25) is 0 Å². The summed E-state index contributed by atoms with van der Waals surface area (Å²) in [5.41, 5.74) is 0.384. The maximum absolute atomic E-state index is 14.1. The van der Waals surface area contributed by atoms with E-state index >= 15 is 0 Å². The molecule has 2 atom stereocenters. The van der Waals surface area contributed by atoms with E-state index in [2.05, 4.69) is 21.3 Å². The summed E-state index contributed by atoms with van der Waals surface area (Å²) in [5.74, 6) is -2.15. The summed E-state index contributed by atoms with van der Waals surface area (Å²) in [4.78, 5) is 52.0. The van der Waals surface area contributed by atoms with Gasteiger partial charge in [-0.05, 0) is 56.0 Å². The number of carbonyl (C=O) groups excluding carboxylic acids is 4. The number of halogens is 1. The molecular weight excluding hydrogens is 519 g/mol. The third kappa shape index (κ3) is 7.35. The van der Waals surface area contributed by atoms with Crippen LogP contribution in [0.1, 0.15) is 48.5 Å². The van der Waals surface area contributed by atoms with Gasteiger partial charge in [-0.2, -0.15) is 0 Å². The first-order chi connectivity index (χ1) is 19.3. The lowest BCUT2D eigenvalue weighted by Crippen LogP contribution is -2.53. The van der Waals surface area contributed by atoms with Crippen molar-refractivity contribution in [2.75, 3.05) is 32.9 Å². The van der Waals surface area contributed by atoms with Crippen LogP contribution in [0.3, 0.4) is 0 Å². The lowest BCUT2D eigenvalue weighted by Gasteiger charge is -2.38. The molecule has 4 N–H and O–H groups in total. The number of para-hydroxylation sites is 1. The van der Waals surface area contributed by atoms with E-state index in [1.54, 1.807) is 37.3 Å². The van der Waals surface area contributed by atoms with Crippen molar-refractivity contribution in [3.8, 4) is 5.75 Å². The van der Waals surface area contributed by atoms with E-state index in [0.29, 0.717) is 44.8 Å². The number of carbonyl (C=O) groups is 4. The minimum atomic E-state index is -1.25. The molecule has 0 unspecified atom stereocenters. The second kappa shape index (κ2) is 13.4. The summed E-state index contributed by atoms with van der Waals surface area (Å²) in [7, 11) is 0. The van der Waals surface area contributed by atoms with Crippen molar-refractivity contribution in [1.29, 1.82) is 0 Å². The molecule has 2 aromatic rings. The van der Waals surface area contributed by atoms with E-state index in [0.717, 1.165) is 5.56 Å². The van der Waals surface area contributed by atoms with Crippen molar-refractivity contribution < 1.29 is 33.0 Å². The Balaban J connectivity index is 1.56. The van der Waals surface area contributed by atoms with Crippen molar-refractivity contribution in [1.82, 2.24) is 21.3 Å². The van der Waals surface area contributed by atoms with Gasteiger partial charge in [0.25, 0.3) is 5.91 Å². The highest BCUT2D eigenvalue weighted by Crippen LogP contribution is 2.34. The van der Waals surface area contributed by atoms with Gasteiger partial charge in [-0.15, -0.1) is 0 Å². The Hall–Kier alpha value is -3.99. The van der Waals surface area contributed by atoms with Crippen LogP contribution in [-0.2, 0) is 24.5 Å². The molecule has 0 saturated carbocycles. The van der Waals surface area contributed by atoms with Gasteiger partial charge in [0.1, 0.15) is 23.7 Å². The highest BCUT2D eigenvalue weighted by Gasteiger charge is 2.36. The van der Waals surface area contributed by atoms with E-state index < -0.39 is 41.6 Å². The van der Waals surface area contributed by atoms with Crippen molar-refractivity contribution in [3.63, 3.8) is 0 Å². The fourth-order valence-corrected chi connectivity index (χ4v) is 4.92. The second-order valence-electron chi connectivity index (χ2n) is 10.1. The molecule has 2 aliphatic heterocycles. The zero-order valence-corrected chi connectivity index (χ0v) is 22.5. The van der Waals surface area contributed by atoms with Crippen LogP contribution < -0.4 is 26.0 Å². The average Bonchev–Trinajstić information content (AvgIpc) is 2.95. The molecule has 0 aromatic heterocycles. The molecule has 0 aliphatic carbocycles. The van der Waals surface area contributed by atoms with Crippen molar-refractivity contribution in [2.24, 2.45) is 0 Å². The van der Waals surface area contributed by atoms with E-state index in [1.165, 1.54) is 12.1 Å². The molecular formula is C29H35FN4O6. The van der Waals surface area contributed by atoms with Crippen LogP contribution in [0, 0.1) is 5.82 Å². The fraction of sp³-hybridized carbons (Fsp3) is 0.448. The summed E-state index contributed by atoms with van der Waals surface area (Å²) in [5, 5.41) is 10.9. The quantitative estimate of drug-likeness (QED) is 0.454. The number of rotatable bonds is 4. The van der Waals surface area contributed by atoms with E-state index in [1.807, 2.05) is 6.07 Å². The highest BCUT2D eigenvalue weighted by atomic mass is 19.1. The first kappa shape index (κ1) is 29.0. The number of nitrogens with one attached hydrogen (secondary N) is 4. The van der Waals surface area contributed by atoms with E-state index in [9.17, 15) is 23.6 Å². The number of amides is 4. The van der Waals surface area contributed by atoms with Gasteiger partial charge in [0.05, 0.1) is 18.6 Å². The maximum atomic E-state index is 14.1. The third-order valence-corrected chi connectivity index (χ3v) is 7.28. The van der Waals surface area contributed by atoms with Crippen molar-refractivity contribution >= 4 is 23.6 Å². The number of fused-ring (bicyclic) bond motifs is 1. The lowest BCUT2D eigenvalue weighted by molar-refractivity contribution is -0.131. The predicted molar refractivity (Wildman–Crippen MR) is 144 cm³/mol. The molecule has 40 heavy (non-hydrogen) atoms. The summed E-state index contributed by atoms with van der Waals surface area (Å²) < 4.78 is 25.4. The fourth-order valence-electron chi connectivity index (χ4n) is 4.92. The Bertz CT molecular complexity index is 1230. The van der Waals surface area contributed by atoms with Gasteiger partial charge in [-0.1, -0.05) is 24.3 Å². The van der Waals surface area contributed by atoms with Crippen LogP contribution in [0.15, 0.2) is 48.5 Å². The summed E-state index contributed by atoms with van der Waals surface area (Å²) in [6.07, 6.45) is 1.22. The summed E-state index contributed by atoms with van der Waals surface area (Å²) >= 11 is 0. The van der Waals surface area contributed by atoms with Gasteiger partial charge in [0.15, 0.2) is 0 Å². The van der Waals surface area contributed by atoms with Crippen LogP contribution in [0.4, 0.5) is 4.39 Å². The second-order valence-corrected chi connectivity index (χ2v) is 10.1. The van der Waals surface area contributed by atoms with Crippen LogP contribution in [0.5, 0.6) is 5.75 Å². The van der Waals surface area contributed by atoms with Gasteiger partial charge in [0, 0.05) is 31.7 Å². The van der Waals surface area contributed by atoms with E-state index in [4.69, 9.17) is 9.47 Å². The molecule has 0 bridgehead atoms. The van der Waals surface area contributed by atoms with Crippen LogP contribution in [0.25, 0.3) is 0 Å². The maximum Gasteiger partial charge on any atom is 0.255 e. The summed E-state index contributed by atoms with van der Waals surface area (Å²) in [6, 6.07) is 10.8. The average molecular weight is 555 g/mol. The molecule has 1 fully saturated rings. The number of hydrogen-bond donors (Lipinski definition) is 4. The van der Waals surface area contributed by atoms with Gasteiger partial charge in [0.2, 0.25) is 17.7 Å². The molecule has 2 aliphatic rings. The zero-order valence-electron chi connectivity index (χ0n) is 22.5. The molecule has 4 rings (SSSR count). The Morgan fingerprint density at radius 3 is 2.60 bits per heavy atom. The molecule has 11 heteroatoms. The predicted octanol–water partition coefficient (Wildman–Crippen LogP) is 1.58. The topological polar surface area (TPSA) is 135 Å². The van der Waals surface area contributed by atoms with E-state index in [-0.39, 0.29) is 30.4 Å². The number of benzene rings is 2. The summed E-state index contributed by atoms with van der Waals surface area (Å²) in [6.45, 7) is 3.18. The molecule has 1 saturated heterocycles. The molecule has 0 radical (unpaired) electrons. The largest absolute Gasteiger partial charge is 0.493 e. The van der Waals surface area contributed by atoms with Crippen LogP contribution in [-0.4, -0.2) is 68.6 Å². The molecule has 2 heterocycles. The number of ether oxygens (including phenoxy) is 2. The van der Waals surface area contributed by atoms with Crippen molar-refractivity contribution in [3.05, 3.63) is 65.5 Å². The highest BCUT2D eigenvalue weighted by molar-refractivity contribution is 6.01. The molecule has 214 valence electrons. The normalized spacial score (nSPS) is 22.2. The minimum absolute atomic E-state index is 0.158. The molecule has 4 amide bonds. The Morgan fingerprint density at radius 2 is 1.82 bits per heavy atom. The van der Waals surface area contributed by atoms with Crippen molar-refractivity contribution in [2.45, 2.75) is 50.1 Å². The minimum Gasteiger partial charge on any atom is -0.493 e. The molecule has 0 spiro atoms. The van der Waals surface area contributed by atoms with Gasteiger partial charge in [-0.3, -0.25) is 19.2 Å². The zero-order chi connectivity index (χ0) is 28.5. The van der Waals surface area contributed by atoms with Gasteiger partial charge < -0.3 is 30.7 Å².